The molecule has 39 heavy (non-hydrogen) atoms. The minimum atomic E-state index is -1.57. The number of anilines is 2. The average Bonchev–Trinajstić information content (AvgIpc) is 3.59. The molecule has 13 nitrogen and oxygen atoms in total. The lowest BCUT2D eigenvalue weighted by Crippen LogP contribution is -2.39. The van der Waals surface area contributed by atoms with Gasteiger partial charge in [-0.25, -0.2) is 19.2 Å². The van der Waals surface area contributed by atoms with Gasteiger partial charge in [0.2, 0.25) is 5.95 Å². The molecule has 0 spiro atoms. The zero-order valence-electron chi connectivity index (χ0n) is 21.0. The number of nitrogens with one attached hydrogen (secondary N) is 3. The van der Waals surface area contributed by atoms with E-state index in [0.29, 0.717) is 29.1 Å². The molecule has 1 saturated heterocycles. The van der Waals surface area contributed by atoms with E-state index >= 15 is 4.39 Å². The van der Waals surface area contributed by atoms with Crippen molar-refractivity contribution in [1.82, 2.24) is 39.7 Å². The van der Waals surface area contributed by atoms with Crippen LogP contribution >= 0.6 is 0 Å². The summed E-state index contributed by atoms with van der Waals surface area (Å²) < 4.78 is 29.7. The van der Waals surface area contributed by atoms with Crippen LogP contribution in [-0.2, 0) is 9.47 Å². The monoisotopic (exact) mass is 532 g/mol. The zero-order chi connectivity index (χ0) is 26.7. The second-order valence-corrected chi connectivity index (χ2v) is 10.5. The Kier molecular flexibility index (Phi) is 5.31. The number of nitrogens with zero attached hydrogens (tertiary/aromatic N) is 7. The molecule has 2 aliphatic carbocycles. The van der Waals surface area contributed by atoms with Crippen molar-refractivity contribution < 1.29 is 18.7 Å². The number of alkyl carbamates (subject to hydrolysis) is 1. The number of H-pyrrole nitrogens is 1. The largest absolute Gasteiger partial charge is 0.441 e. The van der Waals surface area contributed by atoms with Gasteiger partial charge in [0.05, 0.1) is 35.8 Å². The van der Waals surface area contributed by atoms with Gasteiger partial charge in [0.15, 0.2) is 29.4 Å². The number of rotatable bonds is 7. The Balaban J connectivity index is 1.10. The normalized spacial score (nSPS) is 23.5. The highest BCUT2D eigenvalue weighted by molar-refractivity contribution is 5.77. The third kappa shape index (κ3) is 4.34. The standard InChI is InChI=1S/C25H25FN10O3/c1-25(5-6-25)32-24(37)39-18-12-38-21(20(18)26)16-8-19(34-33-16)31-23-28-10-15(22-30-13(9-27)11-35(22)23)17-4-7-29-36(17)14-2-3-14/h4,7-8,10-11,14,18,20-21H,2-3,5-6,12H2,1H3,(H,32,37)(H2,28,31,33,34)/t18-,20-,21-/m0/s1. The molecule has 3 aliphatic rings. The molecule has 3 fully saturated rings. The fourth-order valence-electron chi connectivity index (χ4n) is 4.77. The Hall–Kier alpha value is -4.51. The lowest BCUT2D eigenvalue weighted by Gasteiger charge is -2.17. The quantitative estimate of drug-likeness (QED) is 0.324. The molecule has 1 aliphatic heterocycles. The summed E-state index contributed by atoms with van der Waals surface area (Å²) in [4.78, 5) is 21.2. The summed E-state index contributed by atoms with van der Waals surface area (Å²) in [7, 11) is 0. The first kappa shape index (κ1) is 23.6. The van der Waals surface area contributed by atoms with Gasteiger partial charge in [-0.05, 0) is 38.7 Å². The fraction of sp³-hybridized carbons (Fsp3) is 0.440. The van der Waals surface area contributed by atoms with Gasteiger partial charge in [-0.3, -0.25) is 14.2 Å². The van der Waals surface area contributed by atoms with Crippen molar-refractivity contribution in [2.45, 2.75) is 62.6 Å². The van der Waals surface area contributed by atoms with Crippen LogP contribution in [0.2, 0.25) is 0 Å². The van der Waals surface area contributed by atoms with Crippen molar-refractivity contribution in [1.29, 1.82) is 5.26 Å². The van der Waals surface area contributed by atoms with Crippen LogP contribution < -0.4 is 10.6 Å². The predicted octanol–water partition coefficient (Wildman–Crippen LogP) is 3.32. The number of nitriles is 1. The van der Waals surface area contributed by atoms with Crippen LogP contribution in [0.5, 0.6) is 0 Å². The van der Waals surface area contributed by atoms with Gasteiger partial charge in [0.25, 0.3) is 0 Å². The molecule has 0 radical (unpaired) electrons. The van der Waals surface area contributed by atoms with Gasteiger partial charge >= 0.3 is 6.09 Å². The fourth-order valence-corrected chi connectivity index (χ4v) is 4.77. The van der Waals surface area contributed by atoms with Gasteiger partial charge in [-0.1, -0.05) is 0 Å². The van der Waals surface area contributed by atoms with Crippen LogP contribution in [0.1, 0.15) is 56.1 Å². The number of aromatic amines is 1. The molecule has 7 rings (SSSR count). The van der Waals surface area contributed by atoms with E-state index in [0.717, 1.165) is 36.9 Å². The SMILES string of the molecule is CC1(NC(=O)O[C@H]2CO[C@@H](c3cc(Nc4ncc(-c5ccnn5C5CC5)c5nc(C#N)cn45)n[nH]3)[C@H]2F)CC1. The Morgan fingerprint density at radius 3 is 3.00 bits per heavy atom. The average molecular weight is 533 g/mol. The zero-order valence-corrected chi connectivity index (χ0v) is 21.0. The molecule has 2 saturated carbocycles. The number of imidazole rings is 1. The summed E-state index contributed by atoms with van der Waals surface area (Å²) in [6.45, 7) is 1.85. The lowest BCUT2D eigenvalue weighted by molar-refractivity contribution is 0.0604. The molecular formula is C25H25FN10O3. The number of amides is 1. The topological polar surface area (TPSA) is 160 Å². The molecule has 1 amide bonds. The van der Waals surface area contributed by atoms with Crippen LogP contribution in [0.3, 0.4) is 0 Å². The van der Waals surface area contributed by atoms with E-state index in [1.165, 1.54) is 0 Å². The second-order valence-electron chi connectivity index (χ2n) is 10.5. The summed E-state index contributed by atoms with van der Waals surface area (Å²) in [5.41, 5.74) is 2.53. The molecule has 5 heterocycles. The Morgan fingerprint density at radius 2 is 2.23 bits per heavy atom. The van der Waals surface area contributed by atoms with Crippen molar-refractivity contribution >= 4 is 23.5 Å². The highest BCUT2D eigenvalue weighted by Crippen LogP contribution is 2.39. The Bertz CT molecular complexity index is 1610. The van der Waals surface area contributed by atoms with E-state index in [4.69, 9.17) is 9.47 Å². The van der Waals surface area contributed by atoms with E-state index in [9.17, 15) is 10.1 Å². The van der Waals surface area contributed by atoms with Gasteiger partial charge in [-0.15, -0.1) is 0 Å². The summed E-state index contributed by atoms with van der Waals surface area (Å²) in [6.07, 6.45) is 4.70. The summed E-state index contributed by atoms with van der Waals surface area (Å²) >= 11 is 0. The van der Waals surface area contributed by atoms with E-state index in [1.807, 2.05) is 17.7 Å². The van der Waals surface area contributed by atoms with E-state index in [1.54, 1.807) is 29.1 Å². The highest BCUT2D eigenvalue weighted by Gasteiger charge is 2.44. The third-order valence-electron chi connectivity index (χ3n) is 7.34. The maximum atomic E-state index is 15.1. The number of fused-ring (bicyclic) bond motifs is 1. The van der Waals surface area contributed by atoms with E-state index < -0.39 is 24.5 Å². The first-order valence-corrected chi connectivity index (χ1v) is 12.8. The van der Waals surface area contributed by atoms with Crippen LogP contribution in [0.15, 0.2) is 30.7 Å². The Labute approximate surface area is 221 Å². The second kappa shape index (κ2) is 8.77. The smallest absolute Gasteiger partial charge is 0.408 e. The number of halogens is 1. The Morgan fingerprint density at radius 1 is 1.38 bits per heavy atom. The molecule has 200 valence electrons. The number of ether oxygens (including phenoxy) is 2. The predicted molar refractivity (Wildman–Crippen MR) is 134 cm³/mol. The molecule has 3 atom stereocenters. The minimum Gasteiger partial charge on any atom is -0.441 e. The number of carbonyl (C=O) groups excluding carboxylic acids is 1. The molecule has 14 heteroatoms. The van der Waals surface area contributed by atoms with E-state index in [2.05, 4.69) is 42.0 Å². The van der Waals surface area contributed by atoms with Crippen molar-refractivity contribution in [3.8, 4) is 17.3 Å². The number of hydrogen-bond donors (Lipinski definition) is 3. The maximum Gasteiger partial charge on any atom is 0.408 e. The number of alkyl halides is 1. The first-order chi connectivity index (χ1) is 18.9. The van der Waals surface area contributed by atoms with Gasteiger partial charge in [0, 0.05) is 24.0 Å². The van der Waals surface area contributed by atoms with Crippen molar-refractivity contribution in [2.24, 2.45) is 0 Å². The van der Waals surface area contributed by atoms with Gasteiger partial charge in [-0.2, -0.15) is 15.5 Å². The van der Waals surface area contributed by atoms with E-state index in [-0.39, 0.29) is 17.8 Å². The van der Waals surface area contributed by atoms with Crippen LogP contribution in [0.25, 0.3) is 16.9 Å². The number of hydrogen-bond acceptors (Lipinski definition) is 9. The van der Waals surface area contributed by atoms with Crippen LogP contribution in [0.4, 0.5) is 21.0 Å². The van der Waals surface area contributed by atoms with Crippen molar-refractivity contribution in [2.75, 3.05) is 11.9 Å². The van der Waals surface area contributed by atoms with Gasteiger partial charge < -0.3 is 20.1 Å². The van der Waals surface area contributed by atoms with Crippen LogP contribution in [-0.4, -0.2) is 64.9 Å². The lowest BCUT2D eigenvalue weighted by atomic mass is 10.1. The summed E-state index contributed by atoms with van der Waals surface area (Å²) in [6, 6.07) is 5.95. The first-order valence-electron chi connectivity index (χ1n) is 12.8. The van der Waals surface area contributed by atoms with Crippen molar-refractivity contribution in [3.63, 3.8) is 0 Å². The van der Waals surface area contributed by atoms with Crippen LogP contribution in [0, 0.1) is 11.3 Å². The number of aromatic nitrogens is 7. The molecule has 0 unspecified atom stereocenters. The molecule has 0 bridgehead atoms. The highest BCUT2D eigenvalue weighted by atomic mass is 19.1. The molecule has 3 N–H and O–H groups in total. The molecule has 0 aromatic carbocycles. The molecular weight excluding hydrogens is 507 g/mol. The third-order valence-corrected chi connectivity index (χ3v) is 7.34. The summed E-state index contributed by atoms with van der Waals surface area (Å²) in [5.74, 6) is 0.732. The van der Waals surface area contributed by atoms with Crippen molar-refractivity contribution in [3.05, 3.63) is 42.1 Å². The summed E-state index contributed by atoms with van der Waals surface area (Å²) in [5, 5.41) is 26.8. The molecule has 4 aromatic heterocycles. The minimum absolute atomic E-state index is 0.0647. The number of carbonyl (C=O) groups is 1. The molecule has 4 aromatic rings. The van der Waals surface area contributed by atoms with Gasteiger partial charge in [0.1, 0.15) is 12.2 Å². The maximum absolute atomic E-state index is 15.1.